The fourth-order valence-corrected chi connectivity index (χ4v) is 2.40. The number of nitrogens with zero attached hydrogens (tertiary/aromatic N) is 1. The van der Waals surface area contributed by atoms with E-state index in [1.54, 1.807) is 12.1 Å². The number of hydrogen-bond donors (Lipinski definition) is 1. The monoisotopic (exact) mass is 246 g/mol. The van der Waals surface area contributed by atoms with Gasteiger partial charge >= 0.3 is 0 Å². The zero-order valence-electron chi connectivity index (χ0n) is 10.3. The molecule has 4 heteroatoms. The zero-order valence-corrected chi connectivity index (χ0v) is 10.3. The molecule has 1 aromatic rings. The van der Waals surface area contributed by atoms with Crippen LogP contribution >= 0.6 is 0 Å². The van der Waals surface area contributed by atoms with Crippen molar-refractivity contribution in [3.05, 3.63) is 35.9 Å². The number of amides is 1. The van der Waals surface area contributed by atoms with Gasteiger partial charge in [-0.3, -0.25) is 14.5 Å². The molecule has 1 heterocycles. The van der Waals surface area contributed by atoms with Crippen molar-refractivity contribution in [1.29, 1.82) is 0 Å². The molecule has 0 radical (unpaired) electrons. The summed E-state index contributed by atoms with van der Waals surface area (Å²) in [5, 5.41) is 0. The summed E-state index contributed by atoms with van der Waals surface area (Å²) in [4.78, 5) is 25.3. The number of ketones is 1. The number of primary amides is 1. The predicted molar refractivity (Wildman–Crippen MR) is 69.2 cm³/mol. The maximum atomic E-state index is 12.1. The minimum absolute atomic E-state index is 0.0451. The van der Waals surface area contributed by atoms with Gasteiger partial charge in [-0.15, -0.1) is 0 Å². The molecule has 0 aromatic heterocycles. The van der Waals surface area contributed by atoms with Crippen molar-refractivity contribution in [3.8, 4) is 0 Å². The quantitative estimate of drug-likeness (QED) is 0.812. The van der Waals surface area contributed by atoms with Crippen molar-refractivity contribution in [2.75, 3.05) is 13.1 Å². The Kier molecular flexibility index (Phi) is 4.10. The Morgan fingerprint density at radius 3 is 2.61 bits per heavy atom. The lowest BCUT2D eigenvalue weighted by Gasteiger charge is -2.32. The van der Waals surface area contributed by atoms with Crippen LogP contribution in [0, 0.1) is 0 Å². The number of rotatable bonds is 4. The molecule has 2 N–H and O–H groups in total. The number of carbonyl (C=O) groups is 2. The van der Waals surface area contributed by atoms with E-state index in [2.05, 4.69) is 0 Å². The molecule has 1 aromatic carbocycles. The lowest BCUT2D eigenvalue weighted by Crippen LogP contribution is -2.49. The van der Waals surface area contributed by atoms with Gasteiger partial charge in [0.25, 0.3) is 0 Å². The van der Waals surface area contributed by atoms with Crippen LogP contribution in [0.2, 0.25) is 0 Å². The van der Waals surface area contributed by atoms with Gasteiger partial charge in [-0.2, -0.15) is 0 Å². The van der Waals surface area contributed by atoms with Crippen molar-refractivity contribution < 1.29 is 9.59 Å². The summed E-state index contributed by atoms with van der Waals surface area (Å²) in [7, 11) is 0. The Hall–Kier alpha value is -1.68. The molecular formula is C14H18N2O2. The first-order chi connectivity index (χ1) is 8.68. The molecule has 1 atom stereocenters. The first-order valence-corrected chi connectivity index (χ1v) is 6.30. The molecule has 96 valence electrons. The smallest absolute Gasteiger partial charge is 0.234 e. The van der Waals surface area contributed by atoms with Gasteiger partial charge in [-0.25, -0.2) is 0 Å². The van der Waals surface area contributed by atoms with Crippen LogP contribution in [-0.4, -0.2) is 35.7 Å². The van der Waals surface area contributed by atoms with Gasteiger partial charge in [0.1, 0.15) is 0 Å². The summed E-state index contributed by atoms with van der Waals surface area (Å²) in [5.74, 6) is -0.278. The number of benzene rings is 1. The number of hydrogen-bond acceptors (Lipinski definition) is 3. The lowest BCUT2D eigenvalue weighted by molar-refractivity contribution is -0.124. The van der Waals surface area contributed by atoms with Crippen LogP contribution < -0.4 is 5.73 Å². The zero-order chi connectivity index (χ0) is 13.0. The normalized spacial score (nSPS) is 20.6. The van der Waals surface area contributed by atoms with Gasteiger partial charge in [0.05, 0.1) is 12.6 Å². The van der Waals surface area contributed by atoms with E-state index in [-0.39, 0.29) is 24.3 Å². The van der Waals surface area contributed by atoms with Gasteiger partial charge < -0.3 is 5.73 Å². The number of piperidine rings is 1. The number of carbonyl (C=O) groups excluding carboxylic acids is 2. The van der Waals surface area contributed by atoms with Crippen LogP contribution in [0.25, 0.3) is 0 Å². The van der Waals surface area contributed by atoms with Crippen LogP contribution in [0.15, 0.2) is 30.3 Å². The highest BCUT2D eigenvalue weighted by Gasteiger charge is 2.28. The highest BCUT2D eigenvalue weighted by molar-refractivity contribution is 5.97. The Balaban J connectivity index is 2.03. The summed E-state index contributed by atoms with van der Waals surface area (Å²) in [6, 6.07) is 8.87. The average molecular weight is 246 g/mol. The van der Waals surface area contributed by atoms with Crippen LogP contribution in [-0.2, 0) is 4.79 Å². The van der Waals surface area contributed by atoms with Gasteiger partial charge in [0.15, 0.2) is 5.78 Å². The molecule has 1 aliphatic heterocycles. The van der Waals surface area contributed by atoms with E-state index in [9.17, 15) is 9.59 Å². The van der Waals surface area contributed by atoms with Crippen molar-refractivity contribution in [2.24, 2.45) is 5.73 Å². The Labute approximate surface area is 107 Å². The molecule has 2 rings (SSSR count). The molecule has 0 bridgehead atoms. The third kappa shape index (κ3) is 2.96. The Bertz CT molecular complexity index is 431. The summed E-state index contributed by atoms with van der Waals surface area (Å²) in [6.07, 6.45) is 2.78. The molecule has 0 spiro atoms. The van der Waals surface area contributed by atoms with E-state index >= 15 is 0 Å². The second-order valence-corrected chi connectivity index (χ2v) is 4.67. The molecule has 1 amide bonds. The Morgan fingerprint density at radius 2 is 1.94 bits per heavy atom. The summed E-state index contributed by atoms with van der Waals surface area (Å²) < 4.78 is 0. The fraction of sp³-hybridized carbons (Fsp3) is 0.429. The van der Waals surface area contributed by atoms with Gasteiger partial charge in [-0.1, -0.05) is 36.8 Å². The highest BCUT2D eigenvalue weighted by atomic mass is 16.1. The maximum Gasteiger partial charge on any atom is 0.234 e. The van der Waals surface area contributed by atoms with Crippen molar-refractivity contribution in [1.82, 2.24) is 4.90 Å². The van der Waals surface area contributed by atoms with Crippen LogP contribution in [0.1, 0.15) is 29.6 Å². The van der Waals surface area contributed by atoms with E-state index in [1.165, 1.54) is 0 Å². The highest BCUT2D eigenvalue weighted by Crippen LogP contribution is 2.17. The first kappa shape index (κ1) is 12.8. The molecule has 0 aliphatic carbocycles. The number of Topliss-reactive ketones (excluding diaryl/α,β-unsaturated/α-hetero) is 1. The average Bonchev–Trinajstić information content (AvgIpc) is 2.40. The molecule has 4 nitrogen and oxygen atoms in total. The first-order valence-electron chi connectivity index (χ1n) is 6.30. The van der Waals surface area contributed by atoms with Crippen LogP contribution in [0.5, 0.6) is 0 Å². The third-order valence-electron chi connectivity index (χ3n) is 3.38. The molecule has 1 fully saturated rings. The molecule has 1 saturated heterocycles. The molecule has 1 unspecified atom stereocenters. The number of nitrogens with two attached hydrogens (primary N) is 1. The second kappa shape index (κ2) is 5.78. The summed E-state index contributed by atoms with van der Waals surface area (Å²) >= 11 is 0. The maximum absolute atomic E-state index is 12.1. The molecule has 1 aliphatic rings. The van der Waals surface area contributed by atoms with Crippen molar-refractivity contribution in [2.45, 2.75) is 25.3 Å². The van der Waals surface area contributed by atoms with Gasteiger partial charge in [-0.05, 0) is 19.4 Å². The fourth-order valence-electron chi connectivity index (χ4n) is 2.40. The van der Waals surface area contributed by atoms with E-state index < -0.39 is 0 Å². The van der Waals surface area contributed by atoms with Gasteiger partial charge in [0.2, 0.25) is 5.91 Å². The van der Waals surface area contributed by atoms with E-state index in [4.69, 9.17) is 5.73 Å². The Morgan fingerprint density at radius 1 is 1.22 bits per heavy atom. The predicted octanol–water partition coefficient (Wildman–Crippen LogP) is 1.21. The van der Waals surface area contributed by atoms with Crippen molar-refractivity contribution in [3.63, 3.8) is 0 Å². The van der Waals surface area contributed by atoms with E-state index in [0.717, 1.165) is 25.8 Å². The van der Waals surface area contributed by atoms with E-state index in [0.29, 0.717) is 5.56 Å². The van der Waals surface area contributed by atoms with Gasteiger partial charge in [0, 0.05) is 5.56 Å². The SMILES string of the molecule is NC(=O)C1CCCCN1CC(=O)c1ccccc1. The lowest BCUT2D eigenvalue weighted by atomic mass is 10.0. The molecule has 0 saturated carbocycles. The summed E-state index contributed by atoms with van der Waals surface area (Å²) in [6.45, 7) is 1.05. The minimum atomic E-state index is -0.324. The largest absolute Gasteiger partial charge is 0.368 e. The molecule has 18 heavy (non-hydrogen) atoms. The minimum Gasteiger partial charge on any atom is -0.368 e. The molecular weight excluding hydrogens is 228 g/mol. The third-order valence-corrected chi connectivity index (χ3v) is 3.38. The van der Waals surface area contributed by atoms with Crippen molar-refractivity contribution >= 4 is 11.7 Å². The standard InChI is InChI=1S/C14H18N2O2/c15-14(18)12-8-4-5-9-16(12)10-13(17)11-6-2-1-3-7-11/h1-3,6-7,12H,4-5,8-10H2,(H2,15,18). The topological polar surface area (TPSA) is 63.4 Å². The van der Waals surface area contributed by atoms with Crippen LogP contribution in [0.3, 0.4) is 0 Å². The second-order valence-electron chi connectivity index (χ2n) is 4.67. The number of likely N-dealkylation sites (tertiary alicyclic amines) is 1. The van der Waals surface area contributed by atoms with Crippen LogP contribution in [0.4, 0.5) is 0 Å². The van der Waals surface area contributed by atoms with E-state index in [1.807, 2.05) is 23.1 Å². The summed E-state index contributed by atoms with van der Waals surface area (Å²) in [5.41, 5.74) is 6.07.